The van der Waals surface area contributed by atoms with Crippen LogP contribution in [0.3, 0.4) is 0 Å². The predicted molar refractivity (Wildman–Crippen MR) is 71.8 cm³/mol. The first kappa shape index (κ1) is 12.0. The molecule has 2 atom stereocenters. The minimum atomic E-state index is 0.495. The van der Waals surface area contributed by atoms with Crippen LogP contribution in [-0.2, 0) is 0 Å². The van der Waals surface area contributed by atoms with E-state index in [2.05, 4.69) is 11.8 Å². The van der Waals surface area contributed by atoms with Crippen LogP contribution in [0.2, 0.25) is 0 Å². The van der Waals surface area contributed by atoms with Gasteiger partial charge in [-0.25, -0.2) is 0 Å². The van der Waals surface area contributed by atoms with Crippen LogP contribution in [0.15, 0.2) is 0 Å². The summed E-state index contributed by atoms with van der Waals surface area (Å²) in [4.78, 5) is 2.84. The van der Waals surface area contributed by atoms with Crippen molar-refractivity contribution in [2.24, 2.45) is 17.6 Å². The van der Waals surface area contributed by atoms with E-state index < -0.39 is 0 Å². The summed E-state index contributed by atoms with van der Waals surface area (Å²) in [6.45, 7) is 3.80. The molecule has 17 heavy (non-hydrogen) atoms. The van der Waals surface area contributed by atoms with Gasteiger partial charge in [-0.3, -0.25) is 4.90 Å². The average Bonchev–Trinajstić information content (AvgIpc) is 2.56. The van der Waals surface area contributed by atoms with E-state index in [0.29, 0.717) is 6.04 Å². The molecule has 0 aromatic carbocycles. The first-order chi connectivity index (χ1) is 8.22. The summed E-state index contributed by atoms with van der Waals surface area (Å²) in [5.41, 5.74) is 6.14. The number of nitrogens with zero attached hydrogens (tertiary/aromatic N) is 1. The zero-order valence-electron chi connectivity index (χ0n) is 11.3. The van der Waals surface area contributed by atoms with Crippen molar-refractivity contribution >= 4 is 0 Å². The number of nitrogens with two attached hydrogens (primary N) is 1. The normalized spacial score (nSPS) is 47.3. The Morgan fingerprint density at radius 1 is 0.941 bits per heavy atom. The zero-order chi connectivity index (χ0) is 11.8. The second kappa shape index (κ2) is 4.89. The van der Waals surface area contributed by atoms with Gasteiger partial charge in [-0.05, 0) is 50.4 Å². The monoisotopic (exact) mass is 236 g/mol. The van der Waals surface area contributed by atoms with Crippen molar-refractivity contribution in [2.75, 3.05) is 6.54 Å². The molecule has 2 saturated heterocycles. The quantitative estimate of drug-likeness (QED) is 0.799. The Hall–Kier alpha value is -0.0800. The van der Waals surface area contributed by atoms with Crippen LogP contribution in [-0.4, -0.2) is 29.6 Å². The average molecular weight is 236 g/mol. The molecule has 2 heteroatoms. The lowest BCUT2D eigenvalue weighted by molar-refractivity contribution is 0.0920. The molecule has 2 unspecified atom stereocenters. The Bertz CT molecular complexity index is 244. The molecule has 0 radical (unpaired) electrons. The van der Waals surface area contributed by atoms with E-state index in [1.165, 1.54) is 57.9 Å². The minimum Gasteiger partial charge on any atom is -0.328 e. The molecule has 3 aliphatic rings. The number of rotatable bonds is 2. The Balaban J connectivity index is 1.55. The molecule has 98 valence electrons. The van der Waals surface area contributed by atoms with E-state index in [0.717, 1.165) is 23.9 Å². The second-order valence-corrected chi connectivity index (χ2v) is 6.94. The highest BCUT2D eigenvalue weighted by Gasteiger charge is 2.40. The fraction of sp³-hybridized carbons (Fsp3) is 1.00. The summed E-state index contributed by atoms with van der Waals surface area (Å²) in [6, 6.07) is 2.17. The maximum atomic E-state index is 6.14. The van der Waals surface area contributed by atoms with E-state index in [1.54, 1.807) is 0 Å². The van der Waals surface area contributed by atoms with Gasteiger partial charge in [0.25, 0.3) is 0 Å². The van der Waals surface area contributed by atoms with Crippen molar-refractivity contribution in [2.45, 2.75) is 76.4 Å². The van der Waals surface area contributed by atoms with Crippen LogP contribution < -0.4 is 5.73 Å². The molecule has 2 N–H and O–H groups in total. The van der Waals surface area contributed by atoms with Crippen molar-refractivity contribution in [3.8, 4) is 0 Å². The van der Waals surface area contributed by atoms with Crippen molar-refractivity contribution in [1.82, 2.24) is 4.90 Å². The van der Waals surface area contributed by atoms with E-state index in [-0.39, 0.29) is 0 Å². The molecular weight excluding hydrogens is 208 g/mol. The van der Waals surface area contributed by atoms with E-state index in [1.807, 2.05) is 0 Å². The third kappa shape index (κ3) is 2.53. The highest BCUT2D eigenvalue weighted by atomic mass is 15.2. The van der Waals surface area contributed by atoms with Crippen LogP contribution in [0.5, 0.6) is 0 Å². The van der Waals surface area contributed by atoms with Gasteiger partial charge in [0, 0.05) is 24.7 Å². The van der Waals surface area contributed by atoms with Gasteiger partial charge in [0.2, 0.25) is 0 Å². The number of hydrogen-bond donors (Lipinski definition) is 1. The van der Waals surface area contributed by atoms with Crippen molar-refractivity contribution in [3.63, 3.8) is 0 Å². The van der Waals surface area contributed by atoms with E-state index in [4.69, 9.17) is 5.73 Å². The lowest BCUT2D eigenvalue weighted by Gasteiger charge is -2.40. The molecule has 2 bridgehead atoms. The maximum Gasteiger partial charge on any atom is 0.0114 e. The lowest BCUT2D eigenvalue weighted by Crippen LogP contribution is -2.49. The molecule has 1 aliphatic carbocycles. The fourth-order valence-corrected chi connectivity index (χ4v) is 4.42. The van der Waals surface area contributed by atoms with Crippen LogP contribution in [0.1, 0.15) is 58.3 Å². The second-order valence-electron chi connectivity index (χ2n) is 6.94. The van der Waals surface area contributed by atoms with Gasteiger partial charge >= 0.3 is 0 Å². The summed E-state index contributed by atoms with van der Waals surface area (Å²) in [6.07, 6.45) is 11.2. The first-order valence-electron chi connectivity index (χ1n) is 7.73. The Morgan fingerprint density at radius 2 is 1.53 bits per heavy atom. The summed E-state index contributed by atoms with van der Waals surface area (Å²) in [5, 5.41) is 0. The molecule has 2 nitrogen and oxygen atoms in total. The molecule has 0 aromatic rings. The summed E-state index contributed by atoms with van der Waals surface area (Å²) < 4.78 is 0. The van der Waals surface area contributed by atoms with E-state index in [9.17, 15) is 0 Å². The summed E-state index contributed by atoms with van der Waals surface area (Å²) >= 11 is 0. The summed E-state index contributed by atoms with van der Waals surface area (Å²) in [7, 11) is 0. The maximum absolute atomic E-state index is 6.14. The van der Waals surface area contributed by atoms with Gasteiger partial charge in [-0.15, -0.1) is 0 Å². The SMILES string of the molecule is CC1CCC(CN2C3CCC2CC(N)C3)CC1. The number of piperidine rings is 1. The smallest absolute Gasteiger partial charge is 0.0114 e. The van der Waals surface area contributed by atoms with Gasteiger partial charge in [0.15, 0.2) is 0 Å². The molecule has 2 aliphatic heterocycles. The van der Waals surface area contributed by atoms with Gasteiger partial charge in [-0.1, -0.05) is 19.8 Å². The molecule has 3 rings (SSSR count). The molecular formula is C15H28N2. The Kier molecular flexibility index (Phi) is 3.45. The van der Waals surface area contributed by atoms with Gasteiger partial charge < -0.3 is 5.73 Å². The lowest BCUT2D eigenvalue weighted by atomic mass is 9.82. The largest absolute Gasteiger partial charge is 0.328 e. The molecule has 3 fully saturated rings. The third-order valence-electron chi connectivity index (χ3n) is 5.53. The Morgan fingerprint density at radius 3 is 2.12 bits per heavy atom. The zero-order valence-corrected chi connectivity index (χ0v) is 11.3. The number of hydrogen-bond acceptors (Lipinski definition) is 2. The molecule has 1 saturated carbocycles. The van der Waals surface area contributed by atoms with Crippen LogP contribution in [0.4, 0.5) is 0 Å². The van der Waals surface area contributed by atoms with Crippen LogP contribution >= 0.6 is 0 Å². The highest BCUT2D eigenvalue weighted by molar-refractivity contribution is 4.97. The predicted octanol–water partition coefficient (Wildman–Crippen LogP) is 2.77. The molecule has 0 aromatic heterocycles. The van der Waals surface area contributed by atoms with Crippen molar-refractivity contribution in [3.05, 3.63) is 0 Å². The van der Waals surface area contributed by atoms with Crippen molar-refractivity contribution in [1.29, 1.82) is 0 Å². The van der Waals surface area contributed by atoms with Gasteiger partial charge in [0.1, 0.15) is 0 Å². The van der Waals surface area contributed by atoms with Crippen molar-refractivity contribution < 1.29 is 0 Å². The molecule has 0 spiro atoms. The number of fused-ring (bicyclic) bond motifs is 2. The first-order valence-corrected chi connectivity index (χ1v) is 7.73. The molecule has 0 amide bonds. The van der Waals surface area contributed by atoms with Gasteiger partial charge in [-0.2, -0.15) is 0 Å². The molecule has 2 heterocycles. The van der Waals surface area contributed by atoms with E-state index >= 15 is 0 Å². The standard InChI is InChI=1S/C15H28N2/c1-11-2-4-12(5-3-11)10-17-14-6-7-15(17)9-13(16)8-14/h11-15H,2-10,16H2,1H3. The minimum absolute atomic E-state index is 0.495. The summed E-state index contributed by atoms with van der Waals surface area (Å²) in [5.74, 6) is 1.97. The topological polar surface area (TPSA) is 29.3 Å². The van der Waals surface area contributed by atoms with Crippen LogP contribution in [0, 0.1) is 11.8 Å². The van der Waals surface area contributed by atoms with Gasteiger partial charge in [0.05, 0.1) is 0 Å². The third-order valence-corrected chi connectivity index (χ3v) is 5.53. The van der Waals surface area contributed by atoms with Crippen LogP contribution in [0.25, 0.3) is 0 Å². The Labute approximate surface area is 106 Å². The fourth-order valence-electron chi connectivity index (χ4n) is 4.42. The highest BCUT2D eigenvalue weighted by Crippen LogP contribution is 2.38.